The molecular formula is C19H19N9. The highest BCUT2D eigenvalue weighted by atomic mass is 15.2. The van der Waals surface area contributed by atoms with E-state index in [4.69, 9.17) is 16.7 Å². The summed E-state index contributed by atoms with van der Waals surface area (Å²) in [6.07, 6.45) is 4.26. The monoisotopic (exact) mass is 373 g/mol. The van der Waals surface area contributed by atoms with Crippen molar-refractivity contribution in [3.8, 4) is 12.3 Å². The van der Waals surface area contributed by atoms with Crippen molar-refractivity contribution in [2.24, 2.45) is 4.99 Å². The van der Waals surface area contributed by atoms with Gasteiger partial charge in [0.2, 0.25) is 5.96 Å². The van der Waals surface area contributed by atoms with Crippen LogP contribution in [-0.2, 0) is 0 Å². The number of hydrogen-bond donors (Lipinski definition) is 4. The third-order valence-corrected chi connectivity index (χ3v) is 5.04. The van der Waals surface area contributed by atoms with Gasteiger partial charge >= 0.3 is 0 Å². The molecule has 0 amide bonds. The Hall–Kier alpha value is -3.98. The SMILES string of the molecule is N#CNC1=NC(c2ccc(N3CCCC3)cc2)c2c(nc(N)c(C#N)c2N)N1. The van der Waals surface area contributed by atoms with Gasteiger partial charge in [-0.15, -0.1) is 0 Å². The van der Waals surface area contributed by atoms with E-state index < -0.39 is 6.04 Å². The first kappa shape index (κ1) is 17.4. The highest BCUT2D eigenvalue weighted by Gasteiger charge is 2.29. The molecule has 1 unspecified atom stereocenters. The maximum absolute atomic E-state index is 9.38. The Labute approximate surface area is 162 Å². The lowest BCUT2D eigenvalue weighted by Gasteiger charge is -2.26. The average molecular weight is 373 g/mol. The maximum Gasteiger partial charge on any atom is 0.211 e. The molecule has 9 heteroatoms. The van der Waals surface area contributed by atoms with Gasteiger partial charge in [0.05, 0.1) is 5.69 Å². The van der Waals surface area contributed by atoms with E-state index in [1.54, 1.807) is 0 Å². The molecule has 6 N–H and O–H groups in total. The Bertz CT molecular complexity index is 1020. The number of rotatable bonds is 2. The summed E-state index contributed by atoms with van der Waals surface area (Å²) in [5, 5.41) is 23.8. The number of nitrogens with one attached hydrogen (secondary N) is 2. The summed E-state index contributed by atoms with van der Waals surface area (Å²) in [4.78, 5) is 11.2. The minimum Gasteiger partial charge on any atom is -0.397 e. The number of fused-ring (bicyclic) bond motifs is 1. The first-order valence-electron chi connectivity index (χ1n) is 8.96. The Morgan fingerprint density at radius 3 is 2.50 bits per heavy atom. The lowest BCUT2D eigenvalue weighted by Crippen LogP contribution is -2.32. The molecule has 2 aromatic rings. The minimum atomic E-state index is -0.514. The fourth-order valence-corrected chi connectivity index (χ4v) is 3.66. The molecule has 0 spiro atoms. The van der Waals surface area contributed by atoms with E-state index in [2.05, 4.69) is 37.6 Å². The minimum absolute atomic E-state index is 0.0348. The second-order valence-electron chi connectivity index (χ2n) is 6.69. The van der Waals surface area contributed by atoms with Crippen molar-refractivity contribution in [1.82, 2.24) is 10.3 Å². The molecule has 1 atom stereocenters. The Balaban J connectivity index is 1.79. The van der Waals surface area contributed by atoms with Crippen LogP contribution in [0.2, 0.25) is 0 Å². The lowest BCUT2D eigenvalue weighted by atomic mass is 9.95. The summed E-state index contributed by atoms with van der Waals surface area (Å²) in [5.41, 5.74) is 15.1. The molecule has 2 aliphatic rings. The lowest BCUT2D eigenvalue weighted by molar-refractivity contribution is 0.845. The number of anilines is 4. The first-order chi connectivity index (χ1) is 13.6. The molecule has 0 saturated carbocycles. The largest absolute Gasteiger partial charge is 0.397 e. The van der Waals surface area contributed by atoms with Crippen molar-refractivity contribution in [1.29, 1.82) is 10.5 Å². The smallest absolute Gasteiger partial charge is 0.211 e. The van der Waals surface area contributed by atoms with Gasteiger partial charge in [-0.1, -0.05) is 12.1 Å². The van der Waals surface area contributed by atoms with Crippen molar-refractivity contribution in [2.45, 2.75) is 18.9 Å². The molecule has 2 aliphatic heterocycles. The number of nitrogens with two attached hydrogens (primary N) is 2. The van der Waals surface area contributed by atoms with Gasteiger partial charge in [-0.25, -0.2) is 9.98 Å². The van der Waals surface area contributed by atoms with E-state index in [0.717, 1.165) is 24.3 Å². The van der Waals surface area contributed by atoms with Gasteiger partial charge in [0.1, 0.15) is 29.3 Å². The second kappa shape index (κ2) is 6.97. The maximum atomic E-state index is 9.38. The number of aromatic nitrogens is 1. The Morgan fingerprint density at radius 2 is 1.86 bits per heavy atom. The number of nitrogen functional groups attached to an aromatic ring is 2. The molecule has 3 heterocycles. The van der Waals surface area contributed by atoms with Crippen LogP contribution in [0.3, 0.4) is 0 Å². The van der Waals surface area contributed by atoms with Gasteiger partial charge < -0.3 is 21.7 Å². The molecule has 1 fully saturated rings. The number of hydrogen-bond acceptors (Lipinski definition) is 9. The van der Waals surface area contributed by atoms with Crippen molar-refractivity contribution < 1.29 is 0 Å². The third kappa shape index (κ3) is 2.89. The van der Waals surface area contributed by atoms with Gasteiger partial charge in [0, 0.05) is 24.3 Å². The molecule has 1 aromatic heterocycles. The van der Waals surface area contributed by atoms with E-state index in [9.17, 15) is 5.26 Å². The number of nitriles is 2. The van der Waals surface area contributed by atoms with Crippen LogP contribution < -0.4 is 27.0 Å². The standard InChI is InChI=1S/C19H19N9/c20-9-13-15(22)14-16(25-19(24-10-21)27-18(14)26-17(13)23)11-3-5-12(6-4-11)28-7-1-2-8-28/h3-6,16H,1-2,7-8H2,(H6,22,23,24,25,26,27). The summed E-state index contributed by atoms with van der Waals surface area (Å²) in [6, 6.07) is 9.58. The van der Waals surface area contributed by atoms with Crippen molar-refractivity contribution in [2.75, 3.05) is 34.8 Å². The molecule has 0 bridgehead atoms. The molecule has 1 aromatic carbocycles. The summed E-state index contributed by atoms with van der Waals surface area (Å²) in [7, 11) is 0. The van der Waals surface area contributed by atoms with E-state index >= 15 is 0 Å². The topological polar surface area (TPSA) is 152 Å². The highest BCUT2D eigenvalue weighted by Crippen LogP contribution is 2.40. The molecule has 1 saturated heterocycles. The molecule has 28 heavy (non-hydrogen) atoms. The van der Waals surface area contributed by atoms with Gasteiger partial charge in [0.15, 0.2) is 6.19 Å². The third-order valence-electron chi connectivity index (χ3n) is 5.04. The summed E-state index contributed by atoms with van der Waals surface area (Å²) in [5.74, 6) is 0.669. The summed E-state index contributed by atoms with van der Waals surface area (Å²) in [6.45, 7) is 2.12. The molecular weight excluding hydrogens is 354 g/mol. The highest BCUT2D eigenvalue weighted by molar-refractivity contribution is 5.98. The Kier molecular flexibility index (Phi) is 4.34. The van der Waals surface area contributed by atoms with Crippen LogP contribution in [0, 0.1) is 22.8 Å². The zero-order valence-corrected chi connectivity index (χ0v) is 15.1. The predicted molar refractivity (Wildman–Crippen MR) is 107 cm³/mol. The van der Waals surface area contributed by atoms with Crippen LogP contribution in [0.1, 0.15) is 35.6 Å². The summed E-state index contributed by atoms with van der Waals surface area (Å²) < 4.78 is 0. The van der Waals surface area contributed by atoms with Gasteiger partial charge in [-0.05, 0) is 30.5 Å². The fraction of sp³-hybridized carbons (Fsp3) is 0.263. The van der Waals surface area contributed by atoms with E-state index in [1.807, 2.05) is 24.4 Å². The van der Waals surface area contributed by atoms with Crippen LogP contribution >= 0.6 is 0 Å². The second-order valence-corrected chi connectivity index (χ2v) is 6.69. The fourth-order valence-electron chi connectivity index (χ4n) is 3.66. The molecule has 0 aliphatic carbocycles. The van der Waals surface area contributed by atoms with Gasteiger partial charge in [0.25, 0.3) is 0 Å². The number of nitrogens with zero attached hydrogens (tertiary/aromatic N) is 5. The number of guanidine groups is 1. The number of aliphatic imine (C=N–C) groups is 1. The molecule has 0 radical (unpaired) electrons. The van der Waals surface area contributed by atoms with E-state index in [1.165, 1.54) is 12.8 Å². The first-order valence-corrected chi connectivity index (χ1v) is 8.96. The zero-order valence-electron chi connectivity index (χ0n) is 15.1. The Morgan fingerprint density at radius 1 is 1.14 bits per heavy atom. The number of pyridine rings is 1. The normalized spacial score (nSPS) is 17.7. The zero-order chi connectivity index (χ0) is 19.7. The van der Waals surface area contributed by atoms with Crippen LogP contribution in [-0.4, -0.2) is 24.0 Å². The average Bonchev–Trinajstić information content (AvgIpc) is 3.23. The van der Waals surface area contributed by atoms with Crippen LogP contribution in [0.4, 0.5) is 23.0 Å². The van der Waals surface area contributed by atoms with Crippen LogP contribution in [0.5, 0.6) is 0 Å². The van der Waals surface area contributed by atoms with E-state index in [-0.39, 0.29) is 23.0 Å². The van der Waals surface area contributed by atoms with Crippen LogP contribution in [0.25, 0.3) is 0 Å². The quantitative estimate of drug-likeness (QED) is 0.458. The van der Waals surface area contributed by atoms with Crippen molar-refractivity contribution >= 4 is 29.0 Å². The molecule has 140 valence electrons. The molecule has 4 rings (SSSR count). The van der Waals surface area contributed by atoms with Gasteiger partial charge in [-0.3, -0.25) is 5.32 Å². The van der Waals surface area contributed by atoms with Gasteiger partial charge in [-0.2, -0.15) is 10.5 Å². The van der Waals surface area contributed by atoms with Crippen molar-refractivity contribution in [3.05, 3.63) is 41.0 Å². The van der Waals surface area contributed by atoms with Crippen LogP contribution in [0.15, 0.2) is 29.3 Å². The number of benzene rings is 1. The van der Waals surface area contributed by atoms with Crippen molar-refractivity contribution in [3.63, 3.8) is 0 Å². The molecule has 9 nitrogen and oxygen atoms in total. The summed E-state index contributed by atoms with van der Waals surface area (Å²) >= 11 is 0. The predicted octanol–water partition coefficient (Wildman–Crippen LogP) is 1.66. The van der Waals surface area contributed by atoms with E-state index in [0.29, 0.717) is 11.4 Å².